The van der Waals surface area contributed by atoms with Gasteiger partial charge in [-0.3, -0.25) is 0 Å². The second-order valence-corrected chi connectivity index (χ2v) is 7.25. The Morgan fingerprint density at radius 1 is 1.23 bits per heavy atom. The fraction of sp³-hybridized carbons (Fsp3) is 0.400. The van der Waals surface area contributed by atoms with E-state index in [0.29, 0.717) is 5.92 Å². The third kappa shape index (κ3) is 3.06. The average Bonchev–Trinajstić information content (AvgIpc) is 2.89. The summed E-state index contributed by atoms with van der Waals surface area (Å²) in [6, 6.07) is 8.65. The predicted molar refractivity (Wildman–Crippen MR) is 84.5 cm³/mol. The Kier molecular flexibility index (Phi) is 4.03. The molecular weight excluding hydrogens is 300 g/mol. The minimum absolute atomic E-state index is 0.114. The Bertz CT molecular complexity index is 759. The summed E-state index contributed by atoms with van der Waals surface area (Å²) in [5.41, 5.74) is 3.00. The van der Waals surface area contributed by atoms with Crippen molar-refractivity contribution in [2.75, 3.05) is 13.1 Å². The number of primary sulfonamides is 1. The molecule has 1 aromatic heterocycles. The molecule has 1 saturated heterocycles. The highest BCUT2D eigenvalue weighted by molar-refractivity contribution is 7.89. The zero-order chi connectivity index (χ0) is 15.7. The Balaban J connectivity index is 1.97. The molecule has 22 heavy (non-hydrogen) atoms. The number of nitrogens with two attached hydrogens (primary N) is 1. The fourth-order valence-corrected chi connectivity index (χ4v) is 3.43. The molecule has 0 atom stereocenters. The number of piperidine rings is 1. The number of nitrogens with zero attached hydrogens (tertiary/aromatic N) is 2. The molecule has 0 saturated carbocycles. The van der Waals surface area contributed by atoms with Crippen molar-refractivity contribution in [3.63, 3.8) is 0 Å². The average molecular weight is 320 g/mol. The maximum Gasteiger partial charge on any atom is 0.238 e. The molecular formula is C15H20N4O2S. The van der Waals surface area contributed by atoms with Crippen LogP contribution in [0.3, 0.4) is 0 Å². The van der Waals surface area contributed by atoms with Gasteiger partial charge >= 0.3 is 0 Å². The van der Waals surface area contributed by atoms with Gasteiger partial charge in [-0.15, -0.1) is 0 Å². The van der Waals surface area contributed by atoms with Crippen LogP contribution in [0.15, 0.2) is 35.2 Å². The smallest absolute Gasteiger partial charge is 0.238 e. The zero-order valence-corrected chi connectivity index (χ0v) is 13.3. The number of benzene rings is 1. The van der Waals surface area contributed by atoms with Gasteiger partial charge in [0.05, 0.1) is 16.3 Å². The highest BCUT2D eigenvalue weighted by atomic mass is 32.2. The summed E-state index contributed by atoms with van der Waals surface area (Å²) in [6.45, 7) is 4.00. The van der Waals surface area contributed by atoms with E-state index in [1.54, 1.807) is 12.1 Å². The van der Waals surface area contributed by atoms with Crippen molar-refractivity contribution in [3.8, 4) is 5.69 Å². The maximum atomic E-state index is 11.3. The largest absolute Gasteiger partial charge is 0.317 e. The van der Waals surface area contributed by atoms with Crippen LogP contribution in [0, 0.1) is 6.92 Å². The predicted octanol–water partition coefficient (Wildman–Crippen LogP) is 1.30. The van der Waals surface area contributed by atoms with Gasteiger partial charge in [0.15, 0.2) is 0 Å². The van der Waals surface area contributed by atoms with E-state index in [2.05, 4.69) is 16.5 Å². The van der Waals surface area contributed by atoms with Crippen molar-refractivity contribution in [3.05, 3.63) is 41.7 Å². The number of aromatic nitrogens is 2. The lowest BCUT2D eigenvalue weighted by atomic mass is 9.94. The van der Waals surface area contributed by atoms with E-state index in [1.807, 2.05) is 11.6 Å². The highest BCUT2D eigenvalue weighted by Gasteiger charge is 2.21. The van der Waals surface area contributed by atoms with Gasteiger partial charge in [0.25, 0.3) is 0 Å². The lowest BCUT2D eigenvalue weighted by Gasteiger charge is -2.23. The molecule has 0 amide bonds. The van der Waals surface area contributed by atoms with E-state index in [1.165, 1.54) is 17.8 Å². The first-order chi connectivity index (χ1) is 10.4. The number of sulfonamides is 1. The third-order valence-electron chi connectivity index (χ3n) is 4.03. The van der Waals surface area contributed by atoms with E-state index in [4.69, 9.17) is 5.14 Å². The zero-order valence-electron chi connectivity index (χ0n) is 12.5. The Labute approximate surface area is 130 Å². The molecule has 1 aliphatic heterocycles. The molecule has 0 unspecified atom stereocenters. The highest BCUT2D eigenvalue weighted by Crippen LogP contribution is 2.28. The molecule has 0 aliphatic carbocycles. The van der Waals surface area contributed by atoms with Gasteiger partial charge in [0, 0.05) is 11.6 Å². The Morgan fingerprint density at radius 2 is 1.86 bits per heavy atom. The monoisotopic (exact) mass is 320 g/mol. The topological polar surface area (TPSA) is 90.0 Å². The summed E-state index contributed by atoms with van der Waals surface area (Å²) >= 11 is 0. The molecule has 6 nitrogen and oxygen atoms in total. The van der Waals surface area contributed by atoms with Gasteiger partial charge < -0.3 is 5.32 Å². The Hall–Kier alpha value is -1.70. The molecule has 2 heterocycles. The van der Waals surface area contributed by atoms with E-state index < -0.39 is 10.0 Å². The normalized spacial score (nSPS) is 16.8. The maximum absolute atomic E-state index is 11.3. The van der Waals surface area contributed by atoms with Crippen molar-refractivity contribution < 1.29 is 8.42 Å². The van der Waals surface area contributed by atoms with Gasteiger partial charge in [0.1, 0.15) is 0 Å². The summed E-state index contributed by atoms with van der Waals surface area (Å²) in [7, 11) is -3.67. The van der Waals surface area contributed by atoms with Crippen molar-refractivity contribution in [1.29, 1.82) is 0 Å². The SMILES string of the molecule is Cc1cc(C2CCNCC2)n(-c2ccc(S(N)(=O)=O)cc2)n1. The van der Waals surface area contributed by atoms with Crippen LogP contribution in [-0.2, 0) is 10.0 Å². The molecule has 1 aliphatic rings. The number of nitrogens with one attached hydrogen (secondary N) is 1. The second-order valence-electron chi connectivity index (χ2n) is 5.69. The van der Waals surface area contributed by atoms with Crippen LogP contribution in [0.5, 0.6) is 0 Å². The van der Waals surface area contributed by atoms with Crippen molar-refractivity contribution in [2.45, 2.75) is 30.6 Å². The molecule has 0 radical (unpaired) electrons. The van der Waals surface area contributed by atoms with Crippen molar-refractivity contribution in [1.82, 2.24) is 15.1 Å². The van der Waals surface area contributed by atoms with Gasteiger partial charge in [0.2, 0.25) is 10.0 Å². The summed E-state index contributed by atoms with van der Waals surface area (Å²) in [5.74, 6) is 0.473. The van der Waals surface area contributed by atoms with Crippen molar-refractivity contribution in [2.24, 2.45) is 5.14 Å². The van der Waals surface area contributed by atoms with E-state index in [9.17, 15) is 8.42 Å². The molecule has 0 bridgehead atoms. The Morgan fingerprint density at radius 3 is 2.45 bits per heavy atom. The van der Waals surface area contributed by atoms with Crippen LogP contribution in [-0.4, -0.2) is 31.3 Å². The second kappa shape index (κ2) is 5.83. The summed E-state index contributed by atoms with van der Waals surface area (Å²) in [6.07, 6.45) is 2.17. The number of rotatable bonds is 3. The van der Waals surface area contributed by atoms with E-state index in [0.717, 1.165) is 37.3 Å². The van der Waals surface area contributed by atoms with Crippen LogP contribution in [0.1, 0.15) is 30.1 Å². The van der Waals surface area contributed by atoms with E-state index in [-0.39, 0.29) is 4.90 Å². The minimum Gasteiger partial charge on any atom is -0.317 e. The molecule has 3 N–H and O–H groups in total. The van der Waals surface area contributed by atoms with Crippen LogP contribution < -0.4 is 10.5 Å². The first-order valence-corrected chi connectivity index (χ1v) is 8.90. The molecule has 1 fully saturated rings. The standard InChI is InChI=1S/C15H20N4O2S/c1-11-10-15(12-6-8-17-9-7-12)19(18-11)13-2-4-14(5-3-13)22(16,20)21/h2-5,10,12,17H,6-9H2,1H3,(H2,16,20,21). The summed E-state index contributed by atoms with van der Waals surface area (Å²) in [4.78, 5) is 0.114. The number of aryl methyl sites for hydroxylation is 1. The van der Waals surface area contributed by atoms with Gasteiger partial charge in [-0.2, -0.15) is 5.10 Å². The molecule has 2 aromatic rings. The summed E-state index contributed by atoms with van der Waals surface area (Å²) in [5, 5.41) is 13.1. The lowest BCUT2D eigenvalue weighted by molar-refractivity contribution is 0.446. The first kappa shape index (κ1) is 15.2. The third-order valence-corrected chi connectivity index (χ3v) is 4.96. The molecule has 3 rings (SSSR count). The fourth-order valence-electron chi connectivity index (χ4n) is 2.91. The van der Waals surface area contributed by atoms with Crippen LogP contribution in [0.4, 0.5) is 0 Å². The number of hydrogen-bond acceptors (Lipinski definition) is 4. The quantitative estimate of drug-likeness (QED) is 0.892. The van der Waals surface area contributed by atoms with Crippen LogP contribution >= 0.6 is 0 Å². The van der Waals surface area contributed by atoms with E-state index >= 15 is 0 Å². The van der Waals surface area contributed by atoms with Crippen molar-refractivity contribution >= 4 is 10.0 Å². The minimum atomic E-state index is -3.67. The van der Waals surface area contributed by atoms with Crippen LogP contribution in [0.2, 0.25) is 0 Å². The molecule has 0 spiro atoms. The molecule has 118 valence electrons. The van der Waals surface area contributed by atoms with Gasteiger partial charge in [-0.25, -0.2) is 18.2 Å². The molecule has 1 aromatic carbocycles. The van der Waals surface area contributed by atoms with Gasteiger partial charge in [-0.1, -0.05) is 0 Å². The summed E-state index contributed by atoms with van der Waals surface area (Å²) < 4.78 is 24.6. The lowest BCUT2D eigenvalue weighted by Crippen LogP contribution is -2.27. The van der Waals surface area contributed by atoms with Crippen LogP contribution in [0.25, 0.3) is 5.69 Å². The first-order valence-electron chi connectivity index (χ1n) is 7.35. The number of hydrogen-bond donors (Lipinski definition) is 2. The molecule has 7 heteroatoms. The van der Waals surface area contributed by atoms with Gasteiger partial charge in [-0.05, 0) is 63.2 Å².